The Morgan fingerprint density at radius 1 is 1.40 bits per heavy atom. The lowest BCUT2D eigenvalue weighted by Crippen LogP contribution is -2.46. The van der Waals surface area contributed by atoms with Crippen molar-refractivity contribution < 1.29 is 14.3 Å². The summed E-state index contributed by atoms with van der Waals surface area (Å²) >= 11 is 0. The van der Waals surface area contributed by atoms with Gasteiger partial charge in [0.1, 0.15) is 5.82 Å². The lowest BCUT2D eigenvalue weighted by molar-refractivity contribution is -0.118. The number of aliphatic hydroxyl groups is 1. The molecule has 2 N–H and O–H groups in total. The molecule has 0 saturated heterocycles. The lowest BCUT2D eigenvalue weighted by Gasteiger charge is -2.34. The summed E-state index contributed by atoms with van der Waals surface area (Å²) in [7, 11) is 1.82. The third kappa shape index (κ3) is 3.77. The molecule has 1 aliphatic carbocycles. The molecule has 0 radical (unpaired) electrons. The largest absolute Gasteiger partial charge is 0.391 e. The number of hydrogen-bond acceptors (Lipinski definition) is 3. The van der Waals surface area contributed by atoms with Crippen molar-refractivity contribution in [3.8, 4) is 0 Å². The molecule has 0 spiro atoms. The maximum absolute atomic E-state index is 13.4. The standard InChI is InChI=1S/C15H21FN2O2/c1-18(13-8-4-5-9-14(13)19)10-15(20)17-12-7-3-2-6-11(12)16/h2-3,6-7,13-14,19H,4-5,8-10H2,1H3,(H,17,20). The van der Waals surface area contributed by atoms with Gasteiger partial charge in [-0.3, -0.25) is 9.69 Å². The fourth-order valence-corrected chi connectivity index (χ4v) is 2.70. The van der Waals surface area contributed by atoms with Gasteiger partial charge in [-0.2, -0.15) is 0 Å². The number of para-hydroxylation sites is 1. The number of hydrogen-bond donors (Lipinski definition) is 2. The average molecular weight is 280 g/mol. The van der Waals surface area contributed by atoms with Crippen molar-refractivity contribution in [2.75, 3.05) is 18.9 Å². The Morgan fingerprint density at radius 3 is 2.80 bits per heavy atom. The van der Waals surface area contributed by atoms with Crippen molar-refractivity contribution in [2.45, 2.75) is 37.8 Å². The molecule has 0 aliphatic heterocycles. The zero-order valence-corrected chi connectivity index (χ0v) is 11.7. The number of amides is 1. The van der Waals surface area contributed by atoms with E-state index in [-0.39, 0.29) is 30.3 Å². The SMILES string of the molecule is CN(CC(=O)Nc1ccccc1F)C1CCCCC1O. The van der Waals surface area contributed by atoms with Gasteiger partial charge in [0.15, 0.2) is 0 Å². The molecule has 1 fully saturated rings. The number of halogens is 1. The van der Waals surface area contributed by atoms with Crippen molar-refractivity contribution >= 4 is 11.6 Å². The molecule has 5 heteroatoms. The number of carbonyl (C=O) groups is 1. The first-order valence-electron chi connectivity index (χ1n) is 7.00. The second-order valence-corrected chi connectivity index (χ2v) is 5.36. The third-order valence-corrected chi connectivity index (χ3v) is 3.80. The molecule has 1 aromatic carbocycles. The van der Waals surface area contributed by atoms with E-state index in [9.17, 15) is 14.3 Å². The third-order valence-electron chi connectivity index (χ3n) is 3.80. The number of benzene rings is 1. The van der Waals surface area contributed by atoms with Gasteiger partial charge in [0.25, 0.3) is 0 Å². The highest BCUT2D eigenvalue weighted by Crippen LogP contribution is 2.22. The van der Waals surface area contributed by atoms with E-state index in [4.69, 9.17) is 0 Å². The summed E-state index contributed by atoms with van der Waals surface area (Å²) in [6, 6.07) is 6.10. The molecule has 110 valence electrons. The highest BCUT2D eigenvalue weighted by atomic mass is 19.1. The van der Waals surface area contributed by atoms with E-state index in [2.05, 4.69) is 5.32 Å². The molecule has 0 aromatic heterocycles. The fraction of sp³-hybridized carbons (Fsp3) is 0.533. The number of rotatable bonds is 4. The van der Waals surface area contributed by atoms with E-state index < -0.39 is 5.82 Å². The number of likely N-dealkylation sites (N-methyl/N-ethyl adjacent to an activating group) is 1. The molecule has 0 bridgehead atoms. The molecule has 20 heavy (non-hydrogen) atoms. The first kappa shape index (κ1) is 14.9. The van der Waals surface area contributed by atoms with E-state index >= 15 is 0 Å². The fourth-order valence-electron chi connectivity index (χ4n) is 2.70. The van der Waals surface area contributed by atoms with Crippen LogP contribution in [0, 0.1) is 5.82 Å². The molecule has 0 heterocycles. The minimum atomic E-state index is -0.443. The van der Waals surface area contributed by atoms with Crippen LogP contribution in [0.4, 0.5) is 10.1 Å². The van der Waals surface area contributed by atoms with Crippen LogP contribution in [-0.2, 0) is 4.79 Å². The Hall–Kier alpha value is -1.46. The molecule has 2 unspecified atom stereocenters. The first-order valence-corrected chi connectivity index (χ1v) is 7.00. The first-order chi connectivity index (χ1) is 9.58. The lowest BCUT2D eigenvalue weighted by atomic mass is 9.91. The Balaban J connectivity index is 1.89. The molecule has 1 amide bonds. The summed E-state index contributed by atoms with van der Waals surface area (Å²) in [5.41, 5.74) is 0.190. The summed E-state index contributed by atoms with van der Waals surface area (Å²) in [5.74, 6) is -0.712. The Kier molecular flexibility index (Phi) is 5.09. The van der Waals surface area contributed by atoms with Crippen molar-refractivity contribution in [1.82, 2.24) is 4.90 Å². The van der Waals surface area contributed by atoms with Gasteiger partial charge in [-0.1, -0.05) is 25.0 Å². The van der Waals surface area contributed by atoms with Crippen LogP contribution in [-0.4, -0.2) is 41.7 Å². The van der Waals surface area contributed by atoms with E-state index in [1.165, 1.54) is 12.1 Å². The van der Waals surface area contributed by atoms with Crippen LogP contribution in [0.1, 0.15) is 25.7 Å². The molecular weight excluding hydrogens is 259 g/mol. The van der Waals surface area contributed by atoms with Gasteiger partial charge in [0.05, 0.1) is 18.3 Å². The minimum Gasteiger partial charge on any atom is -0.391 e. The molecular formula is C15H21FN2O2. The van der Waals surface area contributed by atoms with Gasteiger partial charge in [0, 0.05) is 6.04 Å². The number of nitrogens with zero attached hydrogens (tertiary/aromatic N) is 1. The van der Waals surface area contributed by atoms with Gasteiger partial charge in [-0.15, -0.1) is 0 Å². The van der Waals surface area contributed by atoms with E-state index in [0.29, 0.717) is 0 Å². The second kappa shape index (κ2) is 6.81. The molecule has 2 atom stereocenters. The minimum absolute atomic E-state index is 0.00937. The topological polar surface area (TPSA) is 52.6 Å². The predicted octanol–water partition coefficient (Wildman–Crippen LogP) is 2.00. The Morgan fingerprint density at radius 2 is 2.10 bits per heavy atom. The van der Waals surface area contributed by atoms with Gasteiger partial charge in [-0.25, -0.2) is 4.39 Å². The Labute approximate surface area is 118 Å². The molecule has 4 nitrogen and oxygen atoms in total. The van der Waals surface area contributed by atoms with Crippen LogP contribution >= 0.6 is 0 Å². The monoisotopic (exact) mass is 280 g/mol. The van der Waals surface area contributed by atoms with Crippen molar-refractivity contribution in [1.29, 1.82) is 0 Å². The zero-order chi connectivity index (χ0) is 14.5. The van der Waals surface area contributed by atoms with Crippen LogP contribution in [0.2, 0.25) is 0 Å². The van der Waals surface area contributed by atoms with Gasteiger partial charge in [-0.05, 0) is 32.0 Å². The maximum Gasteiger partial charge on any atom is 0.238 e. The summed E-state index contributed by atoms with van der Waals surface area (Å²) < 4.78 is 13.4. The smallest absolute Gasteiger partial charge is 0.238 e. The highest BCUT2D eigenvalue weighted by Gasteiger charge is 2.27. The summed E-state index contributed by atoms with van der Waals surface area (Å²) in [6.45, 7) is 0.149. The van der Waals surface area contributed by atoms with Crippen molar-refractivity contribution in [3.05, 3.63) is 30.1 Å². The quantitative estimate of drug-likeness (QED) is 0.887. The highest BCUT2D eigenvalue weighted by molar-refractivity contribution is 5.92. The number of nitrogens with one attached hydrogen (secondary N) is 1. The molecule has 2 rings (SSSR count). The zero-order valence-electron chi connectivity index (χ0n) is 11.7. The van der Waals surface area contributed by atoms with E-state index in [0.717, 1.165) is 25.7 Å². The van der Waals surface area contributed by atoms with Crippen LogP contribution in [0.5, 0.6) is 0 Å². The van der Waals surface area contributed by atoms with Crippen molar-refractivity contribution in [2.24, 2.45) is 0 Å². The average Bonchev–Trinajstić information content (AvgIpc) is 2.41. The van der Waals surface area contributed by atoms with Gasteiger partial charge < -0.3 is 10.4 Å². The van der Waals surface area contributed by atoms with Crippen LogP contribution < -0.4 is 5.32 Å². The van der Waals surface area contributed by atoms with Gasteiger partial charge in [0.2, 0.25) is 5.91 Å². The number of carbonyl (C=O) groups excluding carboxylic acids is 1. The van der Waals surface area contributed by atoms with Crippen LogP contribution in [0.3, 0.4) is 0 Å². The molecule has 1 saturated carbocycles. The number of anilines is 1. The molecule has 1 aliphatic rings. The summed E-state index contributed by atoms with van der Waals surface area (Å²) in [4.78, 5) is 13.8. The number of aliphatic hydroxyl groups excluding tert-OH is 1. The van der Waals surface area contributed by atoms with E-state index in [1.807, 2.05) is 11.9 Å². The van der Waals surface area contributed by atoms with Crippen LogP contribution in [0.25, 0.3) is 0 Å². The van der Waals surface area contributed by atoms with Crippen molar-refractivity contribution in [3.63, 3.8) is 0 Å². The van der Waals surface area contributed by atoms with Gasteiger partial charge >= 0.3 is 0 Å². The second-order valence-electron chi connectivity index (χ2n) is 5.36. The van der Waals surface area contributed by atoms with Crippen LogP contribution in [0.15, 0.2) is 24.3 Å². The maximum atomic E-state index is 13.4. The summed E-state index contributed by atoms with van der Waals surface area (Å²) in [6.07, 6.45) is 3.40. The Bertz CT molecular complexity index is 467. The summed E-state index contributed by atoms with van der Waals surface area (Å²) in [5, 5.41) is 12.5. The predicted molar refractivity (Wildman–Crippen MR) is 75.9 cm³/mol. The molecule has 1 aromatic rings. The van der Waals surface area contributed by atoms with E-state index in [1.54, 1.807) is 12.1 Å². The normalized spacial score (nSPS) is 22.8.